The van der Waals surface area contributed by atoms with Crippen molar-refractivity contribution in [1.29, 1.82) is 0 Å². The number of amides is 2. The molecule has 6 heteroatoms. The molecule has 2 aliphatic heterocycles. The SMILES string of the molecule is C[C@H]1CNCCN1C(=O)C1CC(=O)N(c2ccccc2F)C1. The van der Waals surface area contributed by atoms with Gasteiger partial charge in [-0.05, 0) is 19.1 Å². The van der Waals surface area contributed by atoms with Crippen LogP contribution in [0.4, 0.5) is 10.1 Å². The van der Waals surface area contributed by atoms with Gasteiger partial charge >= 0.3 is 0 Å². The lowest BCUT2D eigenvalue weighted by Gasteiger charge is -2.35. The molecule has 2 heterocycles. The summed E-state index contributed by atoms with van der Waals surface area (Å²) in [4.78, 5) is 28.1. The fourth-order valence-corrected chi connectivity index (χ4v) is 3.18. The zero-order valence-electron chi connectivity index (χ0n) is 12.6. The maximum atomic E-state index is 13.9. The number of nitrogens with one attached hydrogen (secondary N) is 1. The van der Waals surface area contributed by atoms with Crippen LogP contribution in [0.5, 0.6) is 0 Å². The van der Waals surface area contributed by atoms with Crippen LogP contribution in [0.25, 0.3) is 0 Å². The van der Waals surface area contributed by atoms with Gasteiger partial charge in [0.05, 0.1) is 11.6 Å². The summed E-state index contributed by atoms with van der Waals surface area (Å²) in [6.07, 6.45) is 0.157. The van der Waals surface area contributed by atoms with Crippen LogP contribution in [0.2, 0.25) is 0 Å². The summed E-state index contributed by atoms with van der Waals surface area (Å²) in [5.74, 6) is -1.00. The lowest BCUT2D eigenvalue weighted by molar-refractivity contribution is -0.138. The number of hydrogen-bond acceptors (Lipinski definition) is 3. The van der Waals surface area contributed by atoms with E-state index in [0.29, 0.717) is 6.54 Å². The van der Waals surface area contributed by atoms with Crippen LogP contribution >= 0.6 is 0 Å². The lowest BCUT2D eigenvalue weighted by atomic mass is 10.1. The highest BCUT2D eigenvalue weighted by atomic mass is 19.1. The van der Waals surface area contributed by atoms with Gasteiger partial charge in [-0.3, -0.25) is 9.59 Å². The summed E-state index contributed by atoms with van der Waals surface area (Å²) >= 11 is 0. The summed E-state index contributed by atoms with van der Waals surface area (Å²) in [5, 5.41) is 3.24. The molecule has 2 saturated heterocycles. The summed E-state index contributed by atoms with van der Waals surface area (Å²) in [5.41, 5.74) is 0.260. The molecule has 22 heavy (non-hydrogen) atoms. The largest absolute Gasteiger partial charge is 0.337 e. The third kappa shape index (κ3) is 2.70. The molecule has 1 unspecified atom stereocenters. The Morgan fingerprint density at radius 1 is 1.36 bits per heavy atom. The van der Waals surface area contributed by atoms with Gasteiger partial charge in [-0.15, -0.1) is 0 Å². The normalized spacial score (nSPS) is 25.6. The van der Waals surface area contributed by atoms with E-state index in [2.05, 4.69) is 5.32 Å². The van der Waals surface area contributed by atoms with Crippen LogP contribution in [0.15, 0.2) is 24.3 Å². The van der Waals surface area contributed by atoms with E-state index in [0.717, 1.165) is 13.1 Å². The molecule has 1 N–H and O–H groups in total. The maximum Gasteiger partial charge on any atom is 0.228 e. The molecule has 0 saturated carbocycles. The van der Waals surface area contributed by atoms with Gasteiger partial charge in [0.1, 0.15) is 5.82 Å². The van der Waals surface area contributed by atoms with Crippen molar-refractivity contribution in [2.45, 2.75) is 19.4 Å². The van der Waals surface area contributed by atoms with E-state index < -0.39 is 5.82 Å². The number of carbonyl (C=O) groups excluding carboxylic acids is 2. The molecule has 0 spiro atoms. The highest BCUT2D eigenvalue weighted by molar-refractivity contribution is 6.00. The summed E-state index contributed by atoms with van der Waals surface area (Å²) < 4.78 is 13.9. The van der Waals surface area contributed by atoms with Crippen molar-refractivity contribution >= 4 is 17.5 Å². The molecule has 118 valence electrons. The number of para-hydroxylation sites is 1. The van der Waals surface area contributed by atoms with Crippen LogP contribution in [0.3, 0.4) is 0 Å². The Hall–Kier alpha value is -1.95. The second-order valence-corrected chi connectivity index (χ2v) is 5.94. The number of benzene rings is 1. The molecule has 2 fully saturated rings. The Kier molecular flexibility index (Phi) is 4.11. The first-order valence-electron chi connectivity index (χ1n) is 7.64. The third-order valence-corrected chi connectivity index (χ3v) is 4.40. The van der Waals surface area contributed by atoms with Gasteiger partial charge in [0.25, 0.3) is 0 Å². The zero-order valence-corrected chi connectivity index (χ0v) is 12.6. The van der Waals surface area contributed by atoms with Crippen molar-refractivity contribution in [3.05, 3.63) is 30.1 Å². The van der Waals surface area contributed by atoms with Gasteiger partial charge in [0.15, 0.2) is 0 Å². The number of rotatable bonds is 2. The van der Waals surface area contributed by atoms with Gasteiger partial charge in [-0.1, -0.05) is 12.1 Å². The van der Waals surface area contributed by atoms with Gasteiger partial charge in [-0.25, -0.2) is 4.39 Å². The van der Waals surface area contributed by atoms with Crippen LogP contribution in [0.1, 0.15) is 13.3 Å². The Morgan fingerprint density at radius 2 is 2.14 bits per heavy atom. The number of carbonyl (C=O) groups is 2. The summed E-state index contributed by atoms with van der Waals surface area (Å²) in [7, 11) is 0. The Morgan fingerprint density at radius 3 is 2.86 bits per heavy atom. The van der Waals surface area contributed by atoms with E-state index >= 15 is 0 Å². The number of nitrogens with zero attached hydrogens (tertiary/aromatic N) is 2. The topological polar surface area (TPSA) is 52.7 Å². The van der Waals surface area contributed by atoms with E-state index in [-0.39, 0.29) is 42.4 Å². The first-order chi connectivity index (χ1) is 10.6. The Bertz CT molecular complexity index is 593. The standard InChI is InChI=1S/C16H20FN3O2/c1-11-9-18-6-7-19(11)16(22)12-8-15(21)20(10-12)14-5-3-2-4-13(14)17/h2-5,11-12,18H,6-10H2,1H3/t11-,12?/m0/s1. The van der Waals surface area contributed by atoms with Crippen LogP contribution in [0, 0.1) is 11.7 Å². The molecule has 0 aromatic heterocycles. The Balaban J connectivity index is 1.74. The maximum absolute atomic E-state index is 13.9. The molecule has 1 aromatic carbocycles. The molecule has 0 bridgehead atoms. The second-order valence-electron chi connectivity index (χ2n) is 5.94. The van der Waals surface area contributed by atoms with Crippen molar-refractivity contribution in [1.82, 2.24) is 10.2 Å². The predicted molar refractivity (Wildman–Crippen MR) is 80.9 cm³/mol. The average Bonchev–Trinajstić information content (AvgIpc) is 2.89. The van der Waals surface area contributed by atoms with Crippen molar-refractivity contribution in [2.75, 3.05) is 31.1 Å². The second kappa shape index (κ2) is 6.04. The van der Waals surface area contributed by atoms with Crippen molar-refractivity contribution in [3.63, 3.8) is 0 Å². The van der Waals surface area contributed by atoms with Gasteiger partial charge in [0, 0.05) is 38.6 Å². The summed E-state index contributed by atoms with van der Waals surface area (Å²) in [6.45, 7) is 4.45. The molecule has 1 aromatic rings. The van der Waals surface area contributed by atoms with Crippen LogP contribution in [-0.2, 0) is 9.59 Å². The molecule has 0 aliphatic carbocycles. The quantitative estimate of drug-likeness (QED) is 0.887. The highest BCUT2D eigenvalue weighted by Gasteiger charge is 2.39. The molecule has 2 amide bonds. The number of piperazine rings is 1. The lowest BCUT2D eigenvalue weighted by Crippen LogP contribution is -2.54. The van der Waals surface area contributed by atoms with Crippen molar-refractivity contribution in [2.24, 2.45) is 5.92 Å². The van der Waals surface area contributed by atoms with Gasteiger partial charge in [0.2, 0.25) is 11.8 Å². The predicted octanol–water partition coefficient (Wildman–Crippen LogP) is 0.999. The average molecular weight is 305 g/mol. The summed E-state index contributed by atoms with van der Waals surface area (Å²) in [6, 6.07) is 6.31. The number of halogens is 1. The van der Waals surface area contributed by atoms with Crippen LogP contribution in [-0.4, -0.2) is 48.9 Å². The van der Waals surface area contributed by atoms with Crippen molar-refractivity contribution < 1.29 is 14.0 Å². The minimum absolute atomic E-state index is 0.00110. The van der Waals surface area contributed by atoms with E-state index in [1.165, 1.54) is 11.0 Å². The van der Waals surface area contributed by atoms with E-state index in [4.69, 9.17) is 0 Å². The van der Waals surface area contributed by atoms with E-state index in [1.54, 1.807) is 18.2 Å². The molecule has 3 rings (SSSR count). The number of hydrogen-bond donors (Lipinski definition) is 1. The smallest absolute Gasteiger partial charge is 0.228 e. The van der Waals surface area contributed by atoms with Gasteiger partial charge in [-0.2, -0.15) is 0 Å². The fourth-order valence-electron chi connectivity index (χ4n) is 3.18. The van der Waals surface area contributed by atoms with E-state index in [1.807, 2.05) is 11.8 Å². The minimum Gasteiger partial charge on any atom is -0.337 e. The minimum atomic E-state index is -0.431. The number of anilines is 1. The zero-order chi connectivity index (χ0) is 15.7. The molecular weight excluding hydrogens is 285 g/mol. The van der Waals surface area contributed by atoms with Crippen LogP contribution < -0.4 is 10.2 Å². The molecular formula is C16H20FN3O2. The molecule has 5 nitrogen and oxygen atoms in total. The molecule has 2 aliphatic rings. The molecule has 0 radical (unpaired) electrons. The Labute approximate surface area is 129 Å². The third-order valence-electron chi connectivity index (χ3n) is 4.40. The van der Waals surface area contributed by atoms with Gasteiger partial charge < -0.3 is 15.1 Å². The van der Waals surface area contributed by atoms with Crippen molar-refractivity contribution in [3.8, 4) is 0 Å². The fraction of sp³-hybridized carbons (Fsp3) is 0.500. The van der Waals surface area contributed by atoms with E-state index in [9.17, 15) is 14.0 Å². The highest BCUT2D eigenvalue weighted by Crippen LogP contribution is 2.28. The first-order valence-corrected chi connectivity index (χ1v) is 7.64. The monoisotopic (exact) mass is 305 g/mol. The first kappa shape index (κ1) is 15.0. The molecule has 2 atom stereocenters.